The molecule has 2 aromatic heterocycles. The standard InChI is InChI=1S/C40H47F2N8O10P.2Na/c1-3-37(28(2)60-39(52)56-18-19-59-61(53,54)55)50-38(51)49(27-45-50)33-7-5-31(6-8-33)46-14-16-47(17-15-46)32-9-11-34(12-10-32)57-22-29-21-40(58-23-29,24-48-26-43-25-44-48)35-13-4-30(41)20-36(35)42;;/h4-13,20,25-29,37H,3,14-19,21-24H2,1-2H3,(H2,53,54,55);;/q;2*+1/p-2/t28-,29+,37-,40-;;/m0../s1. The van der Waals surface area contributed by atoms with Gasteiger partial charge in [-0.05, 0) is 74.4 Å². The molecular formula is C40H45F2N8Na2O10P. The van der Waals surface area contributed by atoms with Crippen molar-refractivity contribution in [2.24, 2.45) is 5.92 Å². The van der Waals surface area contributed by atoms with Gasteiger partial charge in [-0.2, -0.15) is 10.2 Å². The minimum atomic E-state index is -5.19. The van der Waals surface area contributed by atoms with Crippen molar-refractivity contribution in [1.82, 2.24) is 29.1 Å². The van der Waals surface area contributed by atoms with Gasteiger partial charge in [0.25, 0.3) is 0 Å². The largest absolute Gasteiger partial charge is 1.00 e. The van der Waals surface area contributed by atoms with Gasteiger partial charge in [0.2, 0.25) is 0 Å². The Kier molecular flexibility index (Phi) is 18.0. The molecule has 2 aliphatic rings. The second kappa shape index (κ2) is 22.5. The maximum atomic E-state index is 15.0. The van der Waals surface area contributed by atoms with E-state index in [0.29, 0.717) is 37.5 Å². The van der Waals surface area contributed by atoms with Gasteiger partial charge in [-0.25, -0.2) is 37.3 Å². The molecule has 63 heavy (non-hydrogen) atoms. The Labute approximate surface area is 406 Å². The zero-order valence-corrected chi connectivity index (χ0v) is 40.4. The third kappa shape index (κ3) is 12.8. The molecule has 2 aliphatic heterocycles. The van der Waals surface area contributed by atoms with Crippen molar-refractivity contribution < 1.29 is 111 Å². The van der Waals surface area contributed by atoms with E-state index in [2.05, 4.69) is 29.5 Å². The topological polar surface area (TPSA) is 203 Å². The number of phosphoric ester groups is 1. The first-order valence-electron chi connectivity index (χ1n) is 19.7. The molecule has 0 saturated carbocycles. The summed E-state index contributed by atoms with van der Waals surface area (Å²) in [4.78, 5) is 55.2. The summed E-state index contributed by atoms with van der Waals surface area (Å²) in [6.07, 6.45) is 3.23. The number of phosphoric acid groups is 1. The summed E-state index contributed by atoms with van der Waals surface area (Å²) >= 11 is 0. The molecule has 0 radical (unpaired) electrons. The number of carbonyl (C=O) groups excluding carboxylic acids is 1. The van der Waals surface area contributed by atoms with Gasteiger partial charge in [-0.3, -0.25) is 0 Å². The third-order valence-corrected chi connectivity index (χ3v) is 11.3. The van der Waals surface area contributed by atoms with E-state index in [0.717, 1.165) is 43.6 Å². The predicted molar refractivity (Wildman–Crippen MR) is 211 cm³/mol. The Morgan fingerprint density at radius 2 is 1.59 bits per heavy atom. The molecule has 5 aromatic rings. The van der Waals surface area contributed by atoms with Crippen LogP contribution in [0, 0.1) is 17.6 Å². The second-order valence-electron chi connectivity index (χ2n) is 14.8. The van der Waals surface area contributed by atoms with Crippen LogP contribution in [0.1, 0.15) is 38.3 Å². The molecule has 0 aliphatic carbocycles. The first kappa shape index (κ1) is 50.3. The summed E-state index contributed by atoms with van der Waals surface area (Å²) in [6.45, 7) is 6.24. The number of aromatic nitrogens is 6. The van der Waals surface area contributed by atoms with E-state index >= 15 is 4.39 Å². The summed E-state index contributed by atoms with van der Waals surface area (Å²) in [5.41, 5.74) is 1.45. The third-order valence-electron chi connectivity index (χ3n) is 10.8. The van der Waals surface area contributed by atoms with E-state index in [-0.39, 0.29) is 77.1 Å². The van der Waals surface area contributed by atoms with E-state index in [4.69, 9.17) is 18.9 Å². The molecule has 326 valence electrons. The zero-order chi connectivity index (χ0) is 43.1. The SMILES string of the molecule is CC[C@@H]([C@H](C)OC(=O)OCCOP(=O)([O-])[O-])n1ncn(-c2ccc(N3CCN(c4ccc(OC[C@@H]5CO[C@@](Cn6cncn6)(c6ccc(F)cc6F)C5)cc4)CC3)cc2)c1=O.[Na+].[Na+]. The number of halogens is 2. The zero-order valence-electron chi connectivity index (χ0n) is 35.5. The maximum absolute atomic E-state index is 15.0. The van der Waals surface area contributed by atoms with Gasteiger partial charge in [-0.15, -0.1) is 0 Å². The summed E-state index contributed by atoms with van der Waals surface area (Å²) < 4.78 is 70.0. The second-order valence-corrected chi connectivity index (χ2v) is 15.9. The van der Waals surface area contributed by atoms with E-state index in [1.165, 1.54) is 40.4 Å². The van der Waals surface area contributed by atoms with Crippen LogP contribution < -0.4 is 89.1 Å². The van der Waals surface area contributed by atoms with Gasteiger partial charge in [0, 0.05) is 55.1 Å². The van der Waals surface area contributed by atoms with Crippen molar-refractivity contribution in [3.63, 3.8) is 0 Å². The number of hydrogen-bond donors (Lipinski definition) is 0. The average Bonchev–Trinajstić information content (AvgIpc) is 4.00. The monoisotopic (exact) mass is 912 g/mol. The van der Waals surface area contributed by atoms with Crippen LogP contribution in [0.3, 0.4) is 0 Å². The van der Waals surface area contributed by atoms with Gasteiger partial charge < -0.3 is 47.6 Å². The number of anilines is 2. The van der Waals surface area contributed by atoms with Crippen molar-refractivity contribution in [2.75, 3.05) is 62.4 Å². The molecular weight excluding hydrogens is 867 g/mol. The van der Waals surface area contributed by atoms with E-state index in [1.54, 1.807) is 18.5 Å². The summed E-state index contributed by atoms with van der Waals surface area (Å²) in [5, 5.41) is 8.45. The average molecular weight is 913 g/mol. The van der Waals surface area contributed by atoms with E-state index in [1.807, 2.05) is 48.5 Å². The normalized spacial score (nSPS) is 18.5. The smallest absolute Gasteiger partial charge is 0.790 e. The Morgan fingerprint density at radius 1 is 0.937 bits per heavy atom. The van der Waals surface area contributed by atoms with Crippen LogP contribution in [0.4, 0.5) is 25.0 Å². The van der Waals surface area contributed by atoms with Crippen molar-refractivity contribution in [3.8, 4) is 11.4 Å². The van der Waals surface area contributed by atoms with Crippen molar-refractivity contribution in [2.45, 2.75) is 51.0 Å². The van der Waals surface area contributed by atoms with Crippen LogP contribution in [0.5, 0.6) is 5.75 Å². The van der Waals surface area contributed by atoms with Gasteiger partial charge in [0.05, 0.1) is 45.9 Å². The number of nitrogens with zero attached hydrogens (tertiary/aromatic N) is 8. The van der Waals surface area contributed by atoms with Gasteiger partial charge >= 0.3 is 71.0 Å². The Hall–Kier alpha value is -3.66. The van der Waals surface area contributed by atoms with E-state index in [9.17, 15) is 28.3 Å². The molecule has 4 heterocycles. The summed E-state index contributed by atoms with van der Waals surface area (Å²) in [6, 6.07) is 18.4. The fourth-order valence-corrected chi connectivity index (χ4v) is 8.06. The fraction of sp³-hybridized carbons (Fsp3) is 0.425. The molecule has 2 saturated heterocycles. The molecule has 0 bridgehead atoms. The maximum Gasteiger partial charge on any atom is 1.00 e. The molecule has 2 fully saturated rings. The van der Waals surface area contributed by atoms with Crippen molar-refractivity contribution in [3.05, 3.63) is 113 Å². The van der Waals surface area contributed by atoms with E-state index < -0.39 is 62.3 Å². The Morgan fingerprint density at radius 3 is 2.19 bits per heavy atom. The molecule has 0 amide bonds. The minimum absolute atomic E-state index is 0. The van der Waals surface area contributed by atoms with Crippen LogP contribution in [-0.4, -0.2) is 94.0 Å². The Balaban J connectivity index is 0.00000374. The quantitative estimate of drug-likeness (QED) is 0.0413. The molecule has 0 N–H and O–H groups in total. The van der Waals surface area contributed by atoms with Crippen molar-refractivity contribution >= 4 is 25.4 Å². The molecule has 0 spiro atoms. The molecule has 3 aromatic carbocycles. The summed E-state index contributed by atoms with van der Waals surface area (Å²) in [5.74, 6) is -0.676. The first-order chi connectivity index (χ1) is 29.3. The minimum Gasteiger partial charge on any atom is -0.790 e. The number of carbonyl (C=O) groups is 1. The van der Waals surface area contributed by atoms with Crippen LogP contribution in [0.25, 0.3) is 5.69 Å². The van der Waals surface area contributed by atoms with Gasteiger partial charge in [0.1, 0.15) is 54.7 Å². The first-order valence-corrected chi connectivity index (χ1v) is 21.2. The molecule has 4 atom stereocenters. The van der Waals surface area contributed by atoms with Crippen LogP contribution in [-0.2, 0) is 35.4 Å². The number of ether oxygens (including phenoxy) is 4. The van der Waals surface area contributed by atoms with Gasteiger partial charge in [0.15, 0.2) is 0 Å². The Bertz CT molecular complexity index is 2350. The van der Waals surface area contributed by atoms with Crippen LogP contribution in [0.15, 0.2) is 90.5 Å². The molecule has 0 unspecified atom stereocenters. The molecule has 7 rings (SSSR count). The molecule has 18 nitrogen and oxygen atoms in total. The van der Waals surface area contributed by atoms with Crippen molar-refractivity contribution in [1.29, 1.82) is 0 Å². The number of rotatable bonds is 17. The predicted octanol–water partition coefficient (Wildman–Crippen LogP) is -2.41. The van der Waals surface area contributed by atoms with Gasteiger partial charge in [-0.1, -0.05) is 13.0 Å². The fourth-order valence-electron chi connectivity index (χ4n) is 7.76. The summed E-state index contributed by atoms with van der Waals surface area (Å²) in [7, 11) is -5.19. The van der Waals surface area contributed by atoms with Crippen LogP contribution in [0.2, 0.25) is 0 Å². The molecule has 23 heteroatoms. The van der Waals surface area contributed by atoms with Crippen LogP contribution >= 0.6 is 7.82 Å². The number of piperazine rings is 1. The number of benzene rings is 3. The number of hydrogen-bond acceptors (Lipinski definition) is 15.